The molecule has 1 saturated heterocycles. The molecule has 0 unspecified atom stereocenters. The Hall–Kier alpha value is -1.49. The van der Waals surface area contributed by atoms with E-state index in [1.165, 1.54) is 0 Å². The molecule has 92 valence electrons. The second kappa shape index (κ2) is 5.23. The zero-order valence-electron chi connectivity index (χ0n) is 10.1. The fourth-order valence-electron chi connectivity index (χ4n) is 1.88. The summed E-state index contributed by atoms with van der Waals surface area (Å²) in [6.07, 6.45) is 1.96. The van der Waals surface area contributed by atoms with Crippen LogP contribution in [0.4, 0.5) is 0 Å². The number of nitrogens with zero attached hydrogens (tertiary/aromatic N) is 2. The highest BCUT2D eigenvalue weighted by atomic mass is 16.5. The molecule has 0 aromatic carbocycles. The van der Waals surface area contributed by atoms with Crippen molar-refractivity contribution in [3.63, 3.8) is 0 Å². The summed E-state index contributed by atoms with van der Waals surface area (Å²) < 4.78 is 10.5. The number of aryl methyl sites for hydroxylation is 1. The Morgan fingerprint density at radius 2 is 2.41 bits per heavy atom. The summed E-state index contributed by atoms with van der Waals surface area (Å²) in [6.45, 7) is 4.63. The van der Waals surface area contributed by atoms with Crippen LogP contribution in [0.15, 0.2) is 6.07 Å². The van der Waals surface area contributed by atoms with Gasteiger partial charge in [-0.2, -0.15) is 0 Å². The van der Waals surface area contributed by atoms with E-state index in [0.29, 0.717) is 18.1 Å². The Morgan fingerprint density at radius 3 is 3.06 bits per heavy atom. The number of carbonyl (C=O) groups excluding carboxylic acids is 1. The highest BCUT2D eigenvalue weighted by molar-refractivity contribution is 5.87. The molecule has 0 radical (unpaired) electrons. The van der Waals surface area contributed by atoms with Crippen molar-refractivity contribution < 1.29 is 14.3 Å². The van der Waals surface area contributed by atoms with E-state index in [1.807, 2.05) is 0 Å². The summed E-state index contributed by atoms with van der Waals surface area (Å²) >= 11 is 0. The second-order valence-electron chi connectivity index (χ2n) is 3.95. The predicted molar refractivity (Wildman–Crippen MR) is 60.7 cm³/mol. The minimum atomic E-state index is -0.405. The smallest absolute Gasteiger partial charge is 0.357 e. The van der Waals surface area contributed by atoms with Gasteiger partial charge in [0.05, 0.1) is 18.4 Å². The van der Waals surface area contributed by atoms with Gasteiger partial charge < -0.3 is 9.47 Å². The summed E-state index contributed by atoms with van der Waals surface area (Å²) in [4.78, 5) is 20.0. The van der Waals surface area contributed by atoms with Crippen LogP contribution >= 0.6 is 0 Å². The fraction of sp³-hybridized carbons (Fsp3) is 0.583. The third kappa shape index (κ3) is 2.79. The molecule has 0 bridgehead atoms. The molecule has 1 aliphatic rings. The molecule has 5 nitrogen and oxygen atoms in total. The number of rotatable bonds is 3. The van der Waals surface area contributed by atoms with Crippen molar-refractivity contribution in [3.05, 3.63) is 23.3 Å². The van der Waals surface area contributed by atoms with Gasteiger partial charge in [0.2, 0.25) is 0 Å². The zero-order chi connectivity index (χ0) is 12.3. The molecule has 1 fully saturated rings. The molecule has 1 aromatic rings. The van der Waals surface area contributed by atoms with Crippen LogP contribution in [0, 0.1) is 6.92 Å². The molecule has 1 atom stereocenters. The minimum absolute atomic E-state index is 0.00937. The lowest BCUT2D eigenvalue weighted by Crippen LogP contribution is -2.11. The highest BCUT2D eigenvalue weighted by Crippen LogP contribution is 2.27. The van der Waals surface area contributed by atoms with E-state index in [0.717, 1.165) is 25.1 Å². The molecule has 5 heteroatoms. The highest BCUT2D eigenvalue weighted by Gasteiger charge is 2.21. The average molecular weight is 236 g/mol. The number of carbonyl (C=O) groups is 1. The first-order valence-electron chi connectivity index (χ1n) is 5.85. The molecule has 0 spiro atoms. The van der Waals surface area contributed by atoms with Gasteiger partial charge >= 0.3 is 5.97 Å². The molecule has 0 aliphatic carbocycles. The van der Waals surface area contributed by atoms with E-state index in [-0.39, 0.29) is 6.10 Å². The van der Waals surface area contributed by atoms with Crippen LogP contribution in [0.5, 0.6) is 0 Å². The minimum Gasteiger partial charge on any atom is -0.461 e. The van der Waals surface area contributed by atoms with Crippen molar-refractivity contribution >= 4 is 5.97 Å². The number of hydrogen-bond donors (Lipinski definition) is 0. The van der Waals surface area contributed by atoms with E-state index < -0.39 is 5.97 Å². The topological polar surface area (TPSA) is 61.3 Å². The van der Waals surface area contributed by atoms with E-state index in [4.69, 9.17) is 9.47 Å². The summed E-state index contributed by atoms with van der Waals surface area (Å²) in [5.74, 6) is 0.165. The van der Waals surface area contributed by atoms with Gasteiger partial charge in [0.25, 0.3) is 0 Å². The molecule has 1 aromatic heterocycles. The van der Waals surface area contributed by atoms with Gasteiger partial charge in [0.1, 0.15) is 5.82 Å². The van der Waals surface area contributed by atoms with Crippen LogP contribution in [0.25, 0.3) is 0 Å². The standard InChI is InChI=1S/C12H16N2O3/c1-3-16-12(15)10-7-9(13-8(2)14-10)11-5-4-6-17-11/h7,11H,3-6H2,1-2H3/t11-/m0/s1. The summed E-state index contributed by atoms with van der Waals surface area (Å²) in [7, 11) is 0. The maximum Gasteiger partial charge on any atom is 0.357 e. The van der Waals surface area contributed by atoms with E-state index in [9.17, 15) is 4.79 Å². The molecule has 0 amide bonds. The maximum atomic E-state index is 11.6. The summed E-state index contributed by atoms with van der Waals surface area (Å²) in [5, 5.41) is 0. The van der Waals surface area contributed by atoms with E-state index >= 15 is 0 Å². The maximum absolute atomic E-state index is 11.6. The van der Waals surface area contributed by atoms with Crippen LogP contribution in [0.3, 0.4) is 0 Å². The quantitative estimate of drug-likeness (QED) is 0.749. The van der Waals surface area contributed by atoms with E-state index in [1.54, 1.807) is 19.9 Å². The van der Waals surface area contributed by atoms with Gasteiger partial charge in [0.15, 0.2) is 5.69 Å². The largest absolute Gasteiger partial charge is 0.461 e. The van der Waals surface area contributed by atoms with Crippen molar-refractivity contribution in [2.75, 3.05) is 13.2 Å². The Bertz CT molecular complexity index is 414. The van der Waals surface area contributed by atoms with Crippen molar-refractivity contribution in [2.45, 2.75) is 32.8 Å². The Balaban J connectivity index is 2.25. The lowest BCUT2D eigenvalue weighted by atomic mass is 10.1. The van der Waals surface area contributed by atoms with Gasteiger partial charge in [-0.25, -0.2) is 14.8 Å². The monoisotopic (exact) mass is 236 g/mol. The molecule has 17 heavy (non-hydrogen) atoms. The van der Waals surface area contributed by atoms with Crippen LogP contribution in [-0.2, 0) is 9.47 Å². The van der Waals surface area contributed by atoms with Crippen LogP contribution < -0.4 is 0 Å². The zero-order valence-corrected chi connectivity index (χ0v) is 10.1. The van der Waals surface area contributed by atoms with Crippen molar-refractivity contribution in [1.82, 2.24) is 9.97 Å². The van der Waals surface area contributed by atoms with E-state index in [2.05, 4.69) is 9.97 Å². The second-order valence-corrected chi connectivity index (χ2v) is 3.95. The predicted octanol–water partition coefficient (Wildman–Crippen LogP) is 1.81. The molecule has 1 aliphatic heterocycles. The number of ether oxygens (including phenoxy) is 2. The first-order valence-corrected chi connectivity index (χ1v) is 5.85. The SMILES string of the molecule is CCOC(=O)c1cc([C@@H]2CCCO2)nc(C)n1. The molecular formula is C12H16N2O3. The molecule has 0 saturated carbocycles. The van der Waals surface area contributed by atoms with Gasteiger partial charge in [0, 0.05) is 6.61 Å². The van der Waals surface area contributed by atoms with Crippen LogP contribution in [0.1, 0.15) is 47.9 Å². The Morgan fingerprint density at radius 1 is 1.59 bits per heavy atom. The summed E-state index contributed by atoms with van der Waals surface area (Å²) in [6, 6.07) is 1.67. The van der Waals surface area contributed by atoms with Gasteiger partial charge in [-0.15, -0.1) is 0 Å². The average Bonchev–Trinajstić information content (AvgIpc) is 2.82. The van der Waals surface area contributed by atoms with Crippen molar-refractivity contribution in [3.8, 4) is 0 Å². The molecular weight excluding hydrogens is 220 g/mol. The molecule has 2 heterocycles. The lowest BCUT2D eigenvalue weighted by Gasteiger charge is -2.10. The van der Waals surface area contributed by atoms with Gasteiger partial charge in [-0.3, -0.25) is 0 Å². The lowest BCUT2D eigenvalue weighted by molar-refractivity contribution is 0.0517. The fourth-order valence-corrected chi connectivity index (χ4v) is 1.88. The first-order chi connectivity index (χ1) is 8.20. The van der Waals surface area contributed by atoms with Gasteiger partial charge in [-0.1, -0.05) is 0 Å². The Kier molecular flexibility index (Phi) is 3.68. The third-order valence-electron chi connectivity index (χ3n) is 2.60. The van der Waals surface area contributed by atoms with Crippen LogP contribution in [-0.4, -0.2) is 29.2 Å². The van der Waals surface area contributed by atoms with Crippen molar-refractivity contribution in [1.29, 1.82) is 0 Å². The number of aromatic nitrogens is 2. The Labute approximate surface area is 100 Å². The normalized spacial score (nSPS) is 19.3. The van der Waals surface area contributed by atoms with Gasteiger partial charge in [-0.05, 0) is 32.8 Å². The first kappa shape index (κ1) is 12.0. The number of hydrogen-bond acceptors (Lipinski definition) is 5. The van der Waals surface area contributed by atoms with Crippen molar-refractivity contribution in [2.24, 2.45) is 0 Å². The van der Waals surface area contributed by atoms with Crippen LogP contribution in [0.2, 0.25) is 0 Å². The molecule has 2 rings (SSSR count). The number of esters is 1. The third-order valence-corrected chi connectivity index (χ3v) is 2.60. The molecule has 0 N–H and O–H groups in total. The summed E-state index contributed by atoms with van der Waals surface area (Å²) in [5.41, 5.74) is 1.09.